The summed E-state index contributed by atoms with van der Waals surface area (Å²) >= 11 is 6.17. The van der Waals surface area contributed by atoms with Gasteiger partial charge in [0.1, 0.15) is 13.2 Å². The highest BCUT2D eigenvalue weighted by Crippen LogP contribution is 2.44. The Hall–Kier alpha value is -2.42. The molecule has 27 heavy (non-hydrogen) atoms. The number of Topliss-reactive ketones (excluding diaryl/α,β-unsaturated/α-hetero) is 1. The minimum Gasteiger partial charge on any atom is -0.486 e. The summed E-state index contributed by atoms with van der Waals surface area (Å²) < 4.78 is 11.2. The molecule has 0 saturated heterocycles. The van der Waals surface area contributed by atoms with Crippen molar-refractivity contribution in [2.75, 3.05) is 19.4 Å². The first-order valence-corrected chi connectivity index (χ1v) is 11.8. The fourth-order valence-corrected chi connectivity index (χ4v) is 6.82. The molecule has 136 valence electrons. The lowest BCUT2D eigenvalue weighted by Gasteiger charge is -2.23. The van der Waals surface area contributed by atoms with Gasteiger partial charge in [0, 0.05) is 17.8 Å². The average Bonchev–Trinajstić information content (AvgIpc) is 2.74. The molecule has 3 nitrogen and oxygen atoms in total. The first kappa shape index (κ1) is 18.0. The molecule has 0 saturated carbocycles. The van der Waals surface area contributed by atoms with E-state index in [1.54, 1.807) is 18.2 Å². The minimum atomic E-state index is -2.26. The van der Waals surface area contributed by atoms with Gasteiger partial charge in [0.05, 0.1) is 0 Å². The lowest BCUT2D eigenvalue weighted by Crippen LogP contribution is -2.22. The Balaban J connectivity index is 1.70. The van der Waals surface area contributed by atoms with Crippen molar-refractivity contribution >= 4 is 34.2 Å². The number of hydrogen-bond donors (Lipinski definition) is 0. The third-order valence-corrected chi connectivity index (χ3v) is 9.23. The number of rotatable bonds is 5. The summed E-state index contributed by atoms with van der Waals surface area (Å²) in [5, 5.41) is 2.11. The molecular formula is C22H19O3PS. The maximum absolute atomic E-state index is 13.2. The lowest BCUT2D eigenvalue weighted by atomic mass is 10.1. The van der Waals surface area contributed by atoms with Crippen LogP contribution in [0.5, 0.6) is 11.5 Å². The van der Waals surface area contributed by atoms with Gasteiger partial charge in [0.2, 0.25) is 0 Å². The second-order valence-electron chi connectivity index (χ2n) is 6.35. The third-order valence-electron chi connectivity index (χ3n) is 4.58. The van der Waals surface area contributed by atoms with E-state index in [2.05, 4.69) is 0 Å². The van der Waals surface area contributed by atoms with Crippen LogP contribution in [0.4, 0.5) is 0 Å². The molecule has 1 heterocycles. The Kier molecular flexibility index (Phi) is 5.11. The van der Waals surface area contributed by atoms with Crippen molar-refractivity contribution in [3.63, 3.8) is 0 Å². The number of benzene rings is 3. The number of hydrogen-bond acceptors (Lipinski definition) is 4. The van der Waals surface area contributed by atoms with E-state index in [1.807, 2.05) is 60.7 Å². The van der Waals surface area contributed by atoms with Gasteiger partial charge in [-0.3, -0.25) is 4.79 Å². The number of ketones is 1. The van der Waals surface area contributed by atoms with E-state index >= 15 is 0 Å². The van der Waals surface area contributed by atoms with Gasteiger partial charge in [-0.05, 0) is 28.8 Å². The molecule has 0 atom stereocenters. The Labute approximate surface area is 164 Å². The highest BCUT2D eigenvalue weighted by molar-refractivity contribution is 8.22. The highest BCUT2D eigenvalue weighted by atomic mass is 32.4. The molecule has 0 bridgehead atoms. The van der Waals surface area contributed by atoms with Crippen LogP contribution in [0, 0.1) is 0 Å². The van der Waals surface area contributed by atoms with Crippen molar-refractivity contribution in [2.24, 2.45) is 0 Å². The minimum absolute atomic E-state index is 0.0306. The first-order chi connectivity index (χ1) is 13.2. The molecule has 3 aromatic rings. The van der Waals surface area contributed by atoms with E-state index in [0.29, 0.717) is 36.4 Å². The van der Waals surface area contributed by atoms with Crippen LogP contribution in [0.25, 0.3) is 0 Å². The first-order valence-electron chi connectivity index (χ1n) is 8.80. The zero-order chi connectivity index (χ0) is 18.7. The molecule has 1 aliphatic heterocycles. The summed E-state index contributed by atoms with van der Waals surface area (Å²) in [6.45, 7) is 1.03. The van der Waals surface area contributed by atoms with Crippen LogP contribution in [0.15, 0.2) is 78.9 Å². The smallest absolute Gasteiger partial charge is 0.168 e. The molecular weight excluding hydrogens is 375 g/mol. The summed E-state index contributed by atoms with van der Waals surface area (Å²) in [7, 11) is 0. The largest absolute Gasteiger partial charge is 0.486 e. The molecule has 0 unspecified atom stereocenters. The lowest BCUT2D eigenvalue weighted by molar-refractivity contribution is 0.102. The van der Waals surface area contributed by atoms with Gasteiger partial charge >= 0.3 is 0 Å². The van der Waals surface area contributed by atoms with E-state index < -0.39 is 6.04 Å². The molecule has 0 radical (unpaired) electrons. The normalized spacial score (nSPS) is 13.2. The summed E-state index contributed by atoms with van der Waals surface area (Å²) in [6.07, 6.45) is 0.302. The standard InChI is InChI=1S/C22H19O3PS/c23-20(17-11-12-21-22(15-17)25-14-13-24-21)16-26(27,18-7-3-1-4-8-18)19-9-5-2-6-10-19/h1-12,15H,13-14,16H2. The molecule has 1 aliphatic rings. The SMILES string of the molecule is O=C(CP(=S)(c1ccccc1)c1ccccc1)c1ccc2c(c1)OCCO2. The molecule has 0 aliphatic carbocycles. The van der Waals surface area contributed by atoms with E-state index in [0.717, 1.165) is 10.6 Å². The molecule has 0 N–H and O–H groups in total. The second kappa shape index (κ2) is 7.67. The van der Waals surface area contributed by atoms with Crippen molar-refractivity contribution in [1.82, 2.24) is 0 Å². The number of carbonyl (C=O) groups is 1. The van der Waals surface area contributed by atoms with Gasteiger partial charge in [-0.25, -0.2) is 0 Å². The fraction of sp³-hybridized carbons (Fsp3) is 0.136. The summed E-state index contributed by atoms with van der Waals surface area (Å²) in [6, 6.07) is 23.1. The Morgan fingerprint density at radius 2 is 1.37 bits per heavy atom. The summed E-state index contributed by atoms with van der Waals surface area (Å²) in [5.74, 6) is 1.34. The third kappa shape index (κ3) is 3.69. The Morgan fingerprint density at radius 3 is 1.96 bits per heavy atom. The van der Waals surface area contributed by atoms with Crippen molar-refractivity contribution in [2.45, 2.75) is 0 Å². The van der Waals surface area contributed by atoms with Gasteiger partial charge in [-0.1, -0.05) is 72.5 Å². The molecule has 5 heteroatoms. The Morgan fingerprint density at radius 1 is 0.815 bits per heavy atom. The topological polar surface area (TPSA) is 35.5 Å². The van der Waals surface area contributed by atoms with Crippen molar-refractivity contribution in [1.29, 1.82) is 0 Å². The Bertz CT molecular complexity index is 959. The summed E-state index contributed by atoms with van der Waals surface area (Å²) in [5.41, 5.74) is 0.611. The van der Waals surface area contributed by atoms with E-state index in [9.17, 15) is 4.79 Å². The zero-order valence-corrected chi connectivity index (χ0v) is 16.4. The second-order valence-corrected chi connectivity index (χ2v) is 11.0. The van der Waals surface area contributed by atoms with Gasteiger partial charge in [0.25, 0.3) is 0 Å². The van der Waals surface area contributed by atoms with Crippen molar-refractivity contribution in [3.05, 3.63) is 84.4 Å². The monoisotopic (exact) mass is 394 g/mol. The highest BCUT2D eigenvalue weighted by Gasteiger charge is 2.26. The van der Waals surface area contributed by atoms with E-state index in [-0.39, 0.29) is 5.78 Å². The number of fused-ring (bicyclic) bond motifs is 1. The fourth-order valence-electron chi connectivity index (χ4n) is 3.18. The zero-order valence-electron chi connectivity index (χ0n) is 14.7. The van der Waals surface area contributed by atoms with Crippen LogP contribution < -0.4 is 20.1 Å². The molecule has 0 aromatic heterocycles. The molecule has 4 rings (SSSR count). The quantitative estimate of drug-likeness (QED) is 0.488. The van der Waals surface area contributed by atoms with Crippen LogP contribution >= 0.6 is 6.04 Å². The predicted molar refractivity (Wildman–Crippen MR) is 113 cm³/mol. The van der Waals surface area contributed by atoms with E-state index in [4.69, 9.17) is 21.3 Å². The molecule has 0 spiro atoms. The van der Waals surface area contributed by atoms with Crippen LogP contribution in [0.1, 0.15) is 10.4 Å². The van der Waals surface area contributed by atoms with Crippen LogP contribution in [-0.4, -0.2) is 25.2 Å². The van der Waals surface area contributed by atoms with Gasteiger partial charge in [-0.15, -0.1) is 0 Å². The predicted octanol–water partition coefficient (Wildman–Crippen LogP) is 3.77. The number of carbonyl (C=O) groups excluding carboxylic acids is 1. The van der Waals surface area contributed by atoms with E-state index in [1.165, 1.54) is 0 Å². The van der Waals surface area contributed by atoms with Gasteiger partial charge < -0.3 is 9.47 Å². The average molecular weight is 394 g/mol. The maximum Gasteiger partial charge on any atom is 0.168 e. The number of ether oxygens (including phenoxy) is 2. The van der Waals surface area contributed by atoms with Crippen LogP contribution in [-0.2, 0) is 11.8 Å². The molecule has 3 aromatic carbocycles. The van der Waals surface area contributed by atoms with Crippen molar-refractivity contribution in [3.8, 4) is 11.5 Å². The summed E-state index contributed by atoms with van der Waals surface area (Å²) in [4.78, 5) is 13.2. The van der Waals surface area contributed by atoms with Gasteiger partial charge in [-0.2, -0.15) is 0 Å². The molecule has 0 fully saturated rings. The maximum atomic E-state index is 13.2. The van der Waals surface area contributed by atoms with Crippen LogP contribution in [0.2, 0.25) is 0 Å². The van der Waals surface area contributed by atoms with Crippen molar-refractivity contribution < 1.29 is 14.3 Å². The molecule has 0 amide bonds. The van der Waals surface area contributed by atoms with Crippen LogP contribution in [0.3, 0.4) is 0 Å². The van der Waals surface area contributed by atoms with Gasteiger partial charge in [0.15, 0.2) is 17.3 Å².